The number of hydrogen-bond acceptors (Lipinski definition) is 3. The Bertz CT molecular complexity index is 445. The van der Waals surface area contributed by atoms with Crippen LogP contribution in [0, 0.1) is 0 Å². The molecule has 1 heterocycles. The Morgan fingerprint density at radius 3 is 2.45 bits per heavy atom. The monoisotopic (exact) mass is 346 g/mol. The van der Waals surface area contributed by atoms with Gasteiger partial charge in [0, 0.05) is 41.9 Å². The molecule has 1 saturated heterocycles. The van der Waals surface area contributed by atoms with E-state index in [4.69, 9.17) is 0 Å². The van der Waals surface area contributed by atoms with Gasteiger partial charge in [-0.05, 0) is 18.1 Å². The fourth-order valence-electron chi connectivity index (χ4n) is 2.81. The standard InChI is InChI=1S/C17H27FN2S.ClH/c1-17(2,3)21-16-7-5-4-6-14(16)15(8-9-18)20-12-10-19-11-13-20;/h4-7,15,19H,8-13H2,1-3H3;1H/t15-;/m1./s1. The van der Waals surface area contributed by atoms with E-state index in [9.17, 15) is 4.39 Å². The van der Waals surface area contributed by atoms with Gasteiger partial charge in [-0.1, -0.05) is 39.0 Å². The van der Waals surface area contributed by atoms with Crippen molar-refractivity contribution in [2.45, 2.75) is 42.9 Å². The predicted molar refractivity (Wildman–Crippen MR) is 97.1 cm³/mol. The molecule has 0 unspecified atom stereocenters. The van der Waals surface area contributed by atoms with E-state index in [-0.39, 0.29) is 29.9 Å². The van der Waals surface area contributed by atoms with Gasteiger partial charge < -0.3 is 5.32 Å². The number of hydrogen-bond donors (Lipinski definition) is 1. The van der Waals surface area contributed by atoms with Crippen LogP contribution in [-0.4, -0.2) is 42.5 Å². The molecule has 1 aliphatic heterocycles. The number of alkyl halides is 1. The van der Waals surface area contributed by atoms with Crippen LogP contribution in [0.3, 0.4) is 0 Å². The Hall–Kier alpha value is -0.290. The molecular formula is C17H28ClFN2S. The van der Waals surface area contributed by atoms with E-state index < -0.39 is 0 Å². The van der Waals surface area contributed by atoms with Crippen molar-refractivity contribution < 1.29 is 4.39 Å². The van der Waals surface area contributed by atoms with Crippen LogP contribution in [0.2, 0.25) is 0 Å². The summed E-state index contributed by atoms with van der Waals surface area (Å²) in [5.74, 6) is 0. The Kier molecular flexibility index (Phi) is 8.19. The lowest BCUT2D eigenvalue weighted by atomic mass is 10.0. The van der Waals surface area contributed by atoms with Crippen molar-refractivity contribution in [1.29, 1.82) is 0 Å². The highest BCUT2D eigenvalue weighted by Crippen LogP contribution is 2.38. The minimum atomic E-state index is -0.261. The zero-order chi connectivity index (χ0) is 15.3. The van der Waals surface area contributed by atoms with Crippen LogP contribution in [0.1, 0.15) is 38.8 Å². The largest absolute Gasteiger partial charge is 0.314 e. The minimum absolute atomic E-state index is 0. The molecule has 2 rings (SSSR count). The molecule has 1 atom stereocenters. The Balaban J connectivity index is 0.00000242. The molecule has 0 bridgehead atoms. The second-order valence-corrected chi connectivity index (χ2v) is 8.40. The Morgan fingerprint density at radius 1 is 1.23 bits per heavy atom. The van der Waals surface area contributed by atoms with Crippen molar-refractivity contribution in [1.82, 2.24) is 10.2 Å². The number of nitrogens with one attached hydrogen (secondary N) is 1. The van der Waals surface area contributed by atoms with Crippen molar-refractivity contribution in [2.75, 3.05) is 32.9 Å². The Labute approximate surface area is 144 Å². The zero-order valence-electron chi connectivity index (χ0n) is 13.8. The van der Waals surface area contributed by atoms with Crippen LogP contribution in [0.4, 0.5) is 4.39 Å². The molecule has 2 nitrogen and oxygen atoms in total. The quantitative estimate of drug-likeness (QED) is 0.800. The maximum atomic E-state index is 13.1. The van der Waals surface area contributed by atoms with Gasteiger partial charge in [-0.15, -0.1) is 24.2 Å². The first-order valence-corrected chi connectivity index (χ1v) is 8.61. The molecule has 1 fully saturated rings. The molecule has 0 radical (unpaired) electrons. The molecule has 0 saturated carbocycles. The summed E-state index contributed by atoms with van der Waals surface area (Å²) in [6.45, 7) is 10.4. The summed E-state index contributed by atoms with van der Waals surface area (Å²) in [7, 11) is 0. The first-order valence-electron chi connectivity index (χ1n) is 7.80. The zero-order valence-corrected chi connectivity index (χ0v) is 15.4. The minimum Gasteiger partial charge on any atom is -0.314 e. The fraction of sp³-hybridized carbons (Fsp3) is 0.647. The normalized spacial score (nSPS) is 17.8. The van der Waals surface area contributed by atoms with Crippen LogP contribution < -0.4 is 5.32 Å². The lowest BCUT2D eigenvalue weighted by Gasteiger charge is -2.36. The highest BCUT2D eigenvalue weighted by Gasteiger charge is 2.25. The highest BCUT2D eigenvalue weighted by atomic mass is 35.5. The molecule has 1 aromatic rings. The molecule has 1 aromatic carbocycles. The molecule has 1 aliphatic rings. The van der Waals surface area contributed by atoms with Crippen LogP contribution in [0.15, 0.2) is 29.2 Å². The maximum absolute atomic E-state index is 13.1. The van der Waals surface area contributed by atoms with Gasteiger partial charge in [0.25, 0.3) is 0 Å². The van der Waals surface area contributed by atoms with Gasteiger partial charge in [-0.3, -0.25) is 9.29 Å². The second kappa shape index (κ2) is 9.11. The maximum Gasteiger partial charge on any atom is 0.0912 e. The first kappa shape index (κ1) is 19.8. The van der Waals surface area contributed by atoms with E-state index in [1.54, 1.807) is 0 Å². The topological polar surface area (TPSA) is 15.3 Å². The van der Waals surface area contributed by atoms with Gasteiger partial charge >= 0.3 is 0 Å². The number of thioether (sulfide) groups is 1. The van der Waals surface area contributed by atoms with E-state index in [2.05, 4.69) is 55.3 Å². The van der Waals surface area contributed by atoms with Crippen molar-refractivity contribution >= 4 is 24.2 Å². The van der Waals surface area contributed by atoms with Crippen molar-refractivity contribution in [3.8, 4) is 0 Å². The third-order valence-electron chi connectivity index (χ3n) is 3.67. The van der Waals surface area contributed by atoms with Gasteiger partial charge in [0.05, 0.1) is 6.67 Å². The first-order chi connectivity index (χ1) is 10.0. The van der Waals surface area contributed by atoms with E-state index >= 15 is 0 Å². The van der Waals surface area contributed by atoms with E-state index in [0.29, 0.717) is 6.42 Å². The summed E-state index contributed by atoms with van der Waals surface area (Å²) in [6.07, 6.45) is 0.585. The molecular weight excluding hydrogens is 319 g/mol. The molecule has 126 valence electrons. The Morgan fingerprint density at radius 2 is 1.86 bits per heavy atom. The van der Waals surface area contributed by atoms with Gasteiger partial charge in [-0.2, -0.15) is 0 Å². The second-order valence-electron chi connectivity index (χ2n) is 6.53. The molecule has 5 heteroatoms. The number of halogens is 2. The SMILES string of the molecule is CC(C)(C)Sc1ccccc1[C@@H](CCF)N1CCNCC1.Cl. The van der Waals surface area contributed by atoms with Gasteiger partial charge in [0.1, 0.15) is 0 Å². The van der Waals surface area contributed by atoms with Crippen LogP contribution in [0.5, 0.6) is 0 Å². The number of benzene rings is 1. The molecule has 0 aromatic heterocycles. The average molecular weight is 347 g/mol. The highest BCUT2D eigenvalue weighted by molar-refractivity contribution is 8.00. The van der Waals surface area contributed by atoms with Gasteiger partial charge in [0.15, 0.2) is 0 Å². The summed E-state index contributed by atoms with van der Waals surface area (Å²) in [4.78, 5) is 3.72. The van der Waals surface area contributed by atoms with Crippen molar-refractivity contribution in [3.05, 3.63) is 29.8 Å². The smallest absolute Gasteiger partial charge is 0.0912 e. The van der Waals surface area contributed by atoms with E-state index in [0.717, 1.165) is 26.2 Å². The summed E-state index contributed by atoms with van der Waals surface area (Å²) in [6, 6.07) is 8.72. The number of rotatable bonds is 5. The lowest BCUT2D eigenvalue weighted by molar-refractivity contribution is 0.155. The third-order valence-corrected chi connectivity index (χ3v) is 4.87. The predicted octanol–water partition coefficient (Wildman–Crippen LogP) is 4.30. The van der Waals surface area contributed by atoms with E-state index in [1.165, 1.54) is 10.5 Å². The molecule has 0 amide bonds. The fourth-order valence-corrected chi connectivity index (χ4v) is 3.94. The average Bonchev–Trinajstić information content (AvgIpc) is 2.45. The molecule has 22 heavy (non-hydrogen) atoms. The van der Waals surface area contributed by atoms with Crippen molar-refractivity contribution in [3.63, 3.8) is 0 Å². The van der Waals surface area contributed by atoms with Crippen LogP contribution >= 0.6 is 24.2 Å². The van der Waals surface area contributed by atoms with E-state index in [1.807, 2.05) is 11.8 Å². The van der Waals surface area contributed by atoms with Gasteiger partial charge in [-0.25, -0.2) is 0 Å². The van der Waals surface area contributed by atoms with Crippen molar-refractivity contribution in [2.24, 2.45) is 0 Å². The summed E-state index contributed by atoms with van der Waals surface area (Å²) >= 11 is 1.88. The van der Waals surface area contributed by atoms with Crippen LogP contribution in [-0.2, 0) is 0 Å². The molecule has 0 spiro atoms. The summed E-state index contributed by atoms with van der Waals surface area (Å²) < 4.78 is 13.3. The molecule has 1 N–H and O–H groups in total. The summed E-state index contributed by atoms with van der Waals surface area (Å²) in [5.41, 5.74) is 1.29. The number of nitrogens with zero attached hydrogens (tertiary/aromatic N) is 1. The lowest BCUT2D eigenvalue weighted by Crippen LogP contribution is -2.45. The van der Waals surface area contributed by atoms with Gasteiger partial charge in [0.2, 0.25) is 0 Å². The van der Waals surface area contributed by atoms with Crippen LogP contribution in [0.25, 0.3) is 0 Å². The summed E-state index contributed by atoms with van der Waals surface area (Å²) in [5, 5.41) is 3.38. The number of piperazine rings is 1. The third kappa shape index (κ3) is 5.73. The molecule has 0 aliphatic carbocycles.